The molecule has 0 radical (unpaired) electrons. The van der Waals surface area contributed by atoms with Crippen molar-refractivity contribution in [1.29, 1.82) is 0 Å². The number of hydrogen-bond acceptors (Lipinski definition) is 2. The third kappa shape index (κ3) is 3.38. The Morgan fingerprint density at radius 3 is 2.50 bits per heavy atom. The molecule has 1 N–H and O–H groups in total. The highest BCUT2D eigenvalue weighted by molar-refractivity contribution is 5.92. The number of carbonyl (C=O) groups is 1. The fourth-order valence-corrected chi connectivity index (χ4v) is 2.73. The lowest BCUT2D eigenvalue weighted by Gasteiger charge is -2.08. The zero-order valence-corrected chi connectivity index (χ0v) is 14.2. The standard InChI is InChI=1S/C20H21N3O/c1-14-9-10-17(15(2)11-14)13-21-20(24)19-12-16(3)23(22-19)18-7-5-4-6-8-18/h4-12H,13H2,1-3H3,(H,21,24). The van der Waals surface area contributed by atoms with Gasteiger partial charge in [-0.25, -0.2) is 4.68 Å². The van der Waals surface area contributed by atoms with E-state index in [1.165, 1.54) is 11.1 Å². The maximum atomic E-state index is 12.4. The van der Waals surface area contributed by atoms with Gasteiger partial charge in [0.15, 0.2) is 5.69 Å². The van der Waals surface area contributed by atoms with E-state index in [0.717, 1.165) is 16.9 Å². The van der Waals surface area contributed by atoms with Crippen LogP contribution in [0.25, 0.3) is 5.69 Å². The molecule has 0 aliphatic carbocycles. The quantitative estimate of drug-likeness (QED) is 0.796. The molecule has 0 fully saturated rings. The van der Waals surface area contributed by atoms with Crippen molar-refractivity contribution in [2.75, 3.05) is 0 Å². The first-order valence-corrected chi connectivity index (χ1v) is 8.01. The molecule has 1 aromatic heterocycles. The van der Waals surface area contributed by atoms with Crippen LogP contribution in [0, 0.1) is 20.8 Å². The second-order valence-corrected chi connectivity index (χ2v) is 6.03. The minimum absolute atomic E-state index is 0.159. The fraction of sp³-hybridized carbons (Fsp3) is 0.200. The summed E-state index contributed by atoms with van der Waals surface area (Å²) < 4.78 is 1.78. The van der Waals surface area contributed by atoms with Crippen molar-refractivity contribution in [3.05, 3.63) is 82.7 Å². The van der Waals surface area contributed by atoms with Crippen LogP contribution < -0.4 is 5.32 Å². The molecule has 1 amide bonds. The molecule has 0 bridgehead atoms. The van der Waals surface area contributed by atoms with E-state index < -0.39 is 0 Å². The molecule has 0 unspecified atom stereocenters. The van der Waals surface area contributed by atoms with Gasteiger partial charge in [0.05, 0.1) is 5.69 Å². The molecule has 122 valence electrons. The van der Waals surface area contributed by atoms with E-state index in [1.54, 1.807) is 4.68 Å². The molecule has 0 atom stereocenters. The number of nitrogens with zero attached hydrogens (tertiary/aromatic N) is 2. The van der Waals surface area contributed by atoms with Gasteiger partial charge in [-0.15, -0.1) is 0 Å². The average molecular weight is 319 g/mol. The van der Waals surface area contributed by atoms with Crippen LogP contribution in [0.1, 0.15) is 32.9 Å². The first-order chi connectivity index (χ1) is 11.5. The largest absolute Gasteiger partial charge is 0.347 e. The van der Waals surface area contributed by atoms with Crippen LogP contribution in [-0.4, -0.2) is 15.7 Å². The highest BCUT2D eigenvalue weighted by Crippen LogP contribution is 2.13. The monoisotopic (exact) mass is 319 g/mol. The summed E-state index contributed by atoms with van der Waals surface area (Å²) in [5.41, 5.74) is 5.83. The summed E-state index contributed by atoms with van der Waals surface area (Å²) in [7, 11) is 0. The van der Waals surface area contributed by atoms with Crippen LogP contribution in [0.4, 0.5) is 0 Å². The number of amides is 1. The lowest BCUT2D eigenvalue weighted by molar-refractivity contribution is 0.0945. The SMILES string of the molecule is Cc1ccc(CNC(=O)c2cc(C)n(-c3ccccc3)n2)c(C)c1. The van der Waals surface area contributed by atoms with E-state index in [-0.39, 0.29) is 5.91 Å². The number of aryl methyl sites for hydroxylation is 3. The molecule has 4 nitrogen and oxygen atoms in total. The normalized spacial score (nSPS) is 10.6. The molecule has 24 heavy (non-hydrogen) atoms. The molecule has 4 heteroatoms. The lowest BCUT2D eigenvalue weighted by Crippen LogP contribution is -2.23. The molecular weight excluding hydrogens is 298 g/mol. The van der Waals surface area contributed by atoms with Gasteiger partial charge in [0, 0.05) is 12.2 Å². The van der Waals surface area contributed by atoms with Crippen molar-refractivity contribution in [3.63, 3.8) is 0 Å². The van der Waals surface area contributed by atoms with E-state index in [1.807, 2.05) is 43.3 Å². The predicted octanol–water partition coefficient (Wildman–Crippen LogP) is 3.73. The topological polar surface area (TPSA) is 46.9 Å². The smallest absolute Gasteiger partial charge is 0.272 e. The summed E-state index contributed by atoms with van der Waals surface area (Å²) in [4.78, 5) is 12.4. The van der Waals surface area contributed by atoms with Gasteiger partial charge in [-0.05, 0) is 50.1 Å². The summed E-state index contributed by atoms with van der Waals surface area (Å²) in [5, 5.41) is 7.39. The Kier molecular flexibility index (Phi) is 4.47. The first-order valence-electron chi connectivity index (χ1n) is 8.01. The Labute approximate surface area is 142 Å². The van der Waals surface area contributed by atoms with Crippen molar-refractivity contribution in [2.45, 2.75) is 27.3 Å². The third-order valence-corrected chi connectivity index (χ3v) is 4.06. The van der Waals surface area contributed by atoms with Crippen LogP contribution in [0.3, 0.4) is 0 Å². The molecular formula is C20H21N3O. The van der Waals surface area contributed by atoms with E-state index in [9.17, 15) is 4.79 Å². The van der Waals surface area contributed by atoms with Crippen LogP contribution in [-0.2, 0) is 6.54 Å². The molecule has 0 saturated heterocycles. The van der Waals surface area contributed by atoms with Crippen molar-refractivity contribution in [2.24, 2.45) is 0 Å². The number of aromatic nitrogens is 2. The minimum atomic E-state index is -0.159. The van der Waals surface area contributed by atoms with E-state index in [2.05, 4.69) is 42.5 Å². The highest BCUT2D eigenvalue weighted by Gasteiger charge is 2.13. The van der Waals surface area contributed by atoms with Crippen molar-refractivity contribution >= 4 is 5.91 Å². The molecule has 0 spiro atoms. The van der Waals surface area contributed by atoms with E-state index in [4.69, 9.17) is 0 Å². The van der Waals surface area contributed by atoms with E-state index in [0.29, 0.717) is 12.2 Å². The van der Waals surface area contributed by atoms with Gasteiger partial charge < -0.3 is 5.32 Å². The third-order valence-electron chi connectivity index (χ3n) is 4.06. The van der Waals surface area contributed by atoms with Gasteiger partial charge in [-0.2, -0.15) is 5.10 Å². The Balaban J connectivity index is 1.74. The Morgan fingerprint density at radius 1 is 1.04 bits per heavy atom. The molecule has 2 aromatic carbocycles. The van der Waals surface area contributed by atoms with Gasteiger partial charge in [0.25, 0.3) is 5.91 Å². The van der Waals surface area contributed by atoms with Crippen LogP contribution in [0.15, 0.2) is 54.6 Å². The van der Waals surface area contributed by atoms with Gasteiger partial charge in [0.2, 0.25) is 0 Å². The summed E-state index contributed by atoms with van der Waals surface area (Å²) >= 11 is 0. The van der Waals surface area contributed by atoms with E-state index >= 15 is 0 Å². The number of nitrogens with one attached hydrogen (secondary N) is 1. The summed E-state index contributed by atoms with van der Waals surface area (Å²) in [6.07, 6.45) is 0. The molecule has 0 saturated carbocycles. The summed E-state index contributed by atoms with van der Waals surface area (Å²) in [5.74, 6) is -0.159. The Hall–Kier alpha value is -2.88. The zero-order chi connectivity index (χ0) is 17.1. The highest BCUT2D eigenvalue weighted by atomic mass is 16.1. The van der Waals surface area contributed by atoms with Gasteiger partial charge in [-0.1, -0.05) is 42.0 Å². The maximum absolute atomic E-state index is 12.4. The lowest BCUT2D eigenvalue weighted by atomic mass is 10.1. The van der Waals surface area contributed by atoms with Gasteiger partial charge in [0.1, 0.15) is 0 Å². The number of para-hydroxylation sites is 1. The Bertz CT molecular complexity index is 866. The van der Waals surface area contributed by atoms with Crippen LogP contribution in [0.5, 0.6) is 0 Å². The minimum Gasteiger partial charge on any atom is -0.347 e. The van der Waals surface area contributed by atoms with Crippen LogP contribution in [0.2, 0.25) is 0 Å². The number of rotatable bonds is 4. The van der Waals surface area contributed by atoms with Crippen molar-refractivity contribution in [1.82, 2.24) is 15.1 Å². The molecule has 3 aromatic rings. The second-order valence-electron chi connectivity index (χ2n) is 6.03. The molecule has 1 heterocycles. The van der Waals surface area contributed by atoms with Crippen molar-refractivity contribution < 1.29 is 4.79 Å². The molecule has 0 aliphatic rings. The van der Waals surface area contributed by atoms with Crippen LogP contribution >= 0.6 is 0 Å². The number of benzene rings is 2. The number of hydrogen-bond donors (Lipinski definition) is 1. The fourth-order valence-electron chi connectivity index (χ4n) is 2.73. The zero-order valence-electron chi connectivity index (χ0n) is 14.2. The summed E-state index contributed by atoms with van der Waals surface area (Å²) in [6, 6.07) is 17.9. The van der Waals surface area contributed by atoms with Gasteiger partial charge in [-0.3, -0.25) is 4.79 Å². The van der Waals surface area contributed by atoms with Crippen molar-refractivity contribution in [3.8, 4) is 5.69 Å². The molecule has 3 rings (SSSR count). The predicted molar refractivity (Wildman–Crippen MR) is 95.4 cm³/mol. The van der Waals surface area contributed by atoms with Gasteiger partial charge >= 0.3 is 0 Å². The summed E-state index contributed by atoms with van der Waals surface area (Å²) in [6.45, 7) is 6.57. The number of carbonyl (C=O) groups excluding carboxylic acids is 1. The Morgan fingerprint density at radius 2 is 1.79 bits per heavy atom. The second kappa shape index (κ2) is 6.71. The molecule has 0 aliphatic heterocycles. The first kappa shape index (κ1) is 16.0. The maximum Gasteiger partial charge on any atom is 0.272 e. The average Bonchev–Trinajstić information content (AvgIpc) is 2.96.